The van der Waals surface area contributed by atoms with Gasteiger partial charge in [0.25, 0.3) is 5.91 Å². The van der Waals surface area contributed by atoms with Crippen LogP contribution in [0.5, 0.6) is 11.5 Å². The highest BCUT2D eigenvalue weighted by Gasteiger charge is 2.14. The minimum absolute atomic E-state index is 0.0656. The van der Waals surface area contributed by atoms with Crippen molar-refractivity contribution < 1.29 is 27.4 Å². The number of carbonyl (C=O) groups is 1. The molecule has 0 spiro atoms. The maximum Gasteiger partial charge on any atom is 0.387 e. The number of halogens is 3. The summed E-state index contributed by atoms with van der Waals surface area (Å²) in [5.74, 6) is -0.624. The first-order chi connectivity index (χ1) is 13.9. The van der Waals surface area contributed by atoms with Crippen molar-refractivity contribution in [1.29, 1.82) is 0 Å². The largest absolute Gasteiger partial charge is 0.493 e. The topological polar surface area (TPSA) is 60.5 Å². The number of aromatic nitrogens is 1. The molecule has 0 unspecified atom stereocenters. The van der Waals surface area contributed by atoms with Gasteiger partial charge in [-0.15, -0.1) is 0 Å². The molecule has 0 bridgehead atoms. The van der Waals surface area contributed by atoms with Crippen LogP contribution in [0.1, 0.15) is 21.6 Å². The molecule has 0 fully saturated rings. The van der Waals surface area contributed by atoms with Gasteiger partial charge in [0.15, 0.2) is 11.5 Å². The lowest BCUT2D eigenvalue weighted by Crippen LogP contribution is -2.26. The molecule has 5 nitrogen and oxygen atoms in total. The van der Waals surface area contributed by atoms with Gasteiger partial charge in [-0.1, -0.05) is 6.07 Å². The van der Waals surface area contributed by atoms with Crippen LogP contribution in [0.2, 0.25) is 0 Å². The second kappa shape index (κ2) is 8.81. The Morgan fingerprint density at radius 3 is 2.66 bits per heavy atom. The lowest BCUT2D eigenvalue weighted by Gasteiger charge is -2.12. The molecule has 1 amide bonds. The Kier molecular flexibility index (Phi) is 6.21. The van der Waals surface area contributed by atoms with Gasteiger partial charge in [0.2, 0.25) is 0 Å². The summed E-state index contributed by atoms with van der Waals surface area (Å²) in [5.41, 5.74) is 2.08. The van der Waals surface area contributed by atoms with E-state index in [4.69, 9.17) is 4.74 Å². The zero-order valence-corrected chi connectivity index (χ0v) is 15.8. The van der Waals surface area contributed by atoms with Crippen molar-refractivity contribution in [3.8, 4) is 11.5 Å². The second-order valence-corrected chi connectivity index (χ2v) is 6.34. The van der Waals surface area contributed by atoms with E-state index in [1.165, 1.54) is 37.4 Å². The molecule has 0 radical (unpaired) electrons. The summed E-state index contributed by atoms with van der Waals surface area (Å²) < 4.78 is 48.0. The number of hydrogen-bond acceptors (Lipinski definition) is 4. The third-order valence-electron chi connectivity index (χ3n) is 4.29. The van der Waals surface area contributed by atoms with Gasteiger partial charge in [-0.05, 0) is 49.2 Å². The first-order valence-electron chi connectivity index (χ1n) is 8.84. The molecule has 2 aromatic carbocycles. The van der Waals surface area contributed by atoms with Gasteiger partial charge in [-0.2, -0.15) is 8.78 Å². The number of pyridine rings is 1. The molecule has 0 aliphatic carbocycles. The summed E-state index contributed by atoms with van der Waals surface area (Å²) in [6.07, 6.45) is 0.395. The maximum atomic E-state index is 13.5. The third-order valence-corrected chi connectivity index (χ3v) is 4.29. The first-order valence-corrected chi connectivity index (χ1v) is 8.84. The van der Waals surface area contributed by atoms with Gasteiger partial charge in [0.1, 0.15) is 5.82 Å². The number of carbonyl (C=O) groups excluding carboxylic acids is 1. The van der Waals surface area contributed by atoms with Gasteiger partial charge in [0.05, 0.1) is 18.2 Å². The highest BCUT2D eigenvalue weighted by Crippen LogP contribution is 2.29. The molecular weight excluding hydrogens is 385 g/mol. The van der Waals surface area contributed by atoms with Crippen molar-refractivity contribution in [2.75, 3.05) is 13.7 Å². The number of benzene rings is 2. The molecule has 8 heteroatoms. The number of aryl methyl sites for hydroxylation is 1. The number of methoxy groups -OCH3 is 1. The molecule has 1 heterocycles. The molecule has 0 aliphatic heterocycles. The predicted molar refractivity (Wildman–Crippen MR) is 102 cm³/mol. The van der Waals surface area contributed by atoms with E-state index >= 15 is 0 Å². The van der Waals surface area contributed by atoms with Crippen LogP contribution in [0, 0.1) is 12.7 Å². The fourth-order valence-electron chi connectivity index (χ4n) is 3.00. The fourth-order valence-corrected chi connectivity index (χ4v) is 3.00. The highest BCUT2D eigenvalue weighted by molar-refractivity contribution is 6.06. The molecule has 0 saturated heterocycles. The Hall–Kier alpha value is -3.29. The summed E-state index contributed by atoms with van der Waals surface area (Å²) in [6, 6.07) is 10.4. The molecule has 152 valence electrons. The summed E-state index contributed by atoms with van der Waals surface area (Å²) >= 11 is 0. The van der Waals surface area contributed by atoms with Gasteiger partial charge in [0, 0.05) is 23.7 Å². The first kappa shape index (κ1) is 20.4. The van der Waals surface area contributed by atoms with Gasteiger partial charge < -0.3 is 14.8 Å². The highest BCUT2D eigenvalue weighted by atomic mass is 19.3. The van der Waals surface area contributed by atoms with E-state index in [0.29, 0.717) is 34.1 Å². The number of fused-ring (bicyclic) bond motifs is 1. The normalized spacial score (nSPS) is 11.0. The molecule has 1 aromatic heterocycles. The van der Waals surface area contributed by atoms with Crippen LogP contribution in [0.15, 0.2) is 42.5 Å². The average Bonchev–Trinajstić information content (AvgIpc) is 2.66. The van der Waals surface area contributed by atoms with Gasteiger partial charge in [-0.25, -0.2) is 4.39 Å². The number of alkyl halides is 2. The fraction of sp³-hybridized carbons (Fsp3) is 0.238. The van der Waals surface area contributed by atoms with Gasteiger partial charge >= 0.3 is 6.61 Å². The Morgan fingerprint density at radius 2 is 1.93 bits per heavy atom. The van der Waals surface area contributed by atoms with E-state index in [0.717, 1.165) is 0 Å². The van der Waals surface area contributed by atoms with E-state index in [1.54, 1.807) is 19.1 Å². The van der Waals surface area contributed by atoms with E-state index in [-0.39, 0.29) is 24.0 Å². The molecule has 0 saturated carbocycles. The lowest BCUT2D eigenvalue weighted by atomic mass is 10.1. The van der Waals surface area contributed by atoms with Crippen LogP contribution in [0.4, 0.5) is 13.2 Å². The Balaban J connectivity index is 1.71. The van der Waals surface area contributed by atoms with Crippen LogP contribution >= 0.6 is 0 Å². The lowest BCUT2D eigenvalue weighted by molar-refractivity contribution is -0.0512. The van der Waals surface area contributed by atoms with E-state index in [2.05, 4.69) is 15.0 Å². The van der Waals surface area contributed by atoms with E-state index < -0.39 is 12.4 Å². The van der Waals surface area contributed by atoms with Crippen LogP contribution in [-0.4, -0.2) is 31.2 Å². The molecule has 1 N–H and O–H groups in total. The van der Waals surface area contributed by atoms with Gasteiger partial charge in [-0.3, -0.25) is 9.78 Å². The predicted octanol–water partition coefficient (Wildman–Crippen LogP) is 4.26. The zero-order chi connectivity index (χ0) is 21.0. The molecule has 0 aliphatic rings. The summed E-state index contributed by atoms with van der Waals surface area (Å²) in [5, 5.41) is 3.34. The standard InChI is InChI=1S/C21H19F3N2O3/c1-12-9-16(15-5-4-14(22)11-17(15)26-12)20(27)25-8-7-13-3-6-18(28-2)19(10-13)29-21(23)24/h3-6,9-11,21H,7-8H2,1-2H3,(H,25,27). The minimum atomic E-state index is -2.97. The second-order valence-electron chi connectivity index (χ2n) is 6.34. The minimum Gasteiger partial charge on any atom is -0.493 e. The number of rotatable bonds is 7. The summed E-state index contributed by atoms with van der Waals surface area (Å²) in [4.78, 5) is 16.9. The molecular formula is C21H19F3N2O3. The molecule has 29 heavy (non-hydrogen) atoms. The maximum absolute atomic E-state index is 13.5. The molecule has 3 rings (SSSR count). The Labute approximate surface area is 165 Å². The van der Waals surface area contributed by atoms with Crippen LogP contribution in [0.3, 0.4) is 0 Å². The van der Waals surface area contributed by atoms with Crippen molar-refractivity contribution >= 4 is 16.8 Å². The van der Waals surface area contributed by atoms with Crippen LogP contribution < -0.4 is 14.8 Å². The number of nitrogens with one attached hydrogen (secondary N) is 1. The van der Waals surface area contributed by atoms with Crippen molar-refractivity contribution in [3.05, 3.63) is 65.1 Å². The van der Waals surface area contributed by atoms with Crippen molar-refractivity contribution in [2.45, 2.75) is 20.0 Å². The molecule has 3 aromatic rings. The zero-order valence-electron chi connectivity index (χ0n) is 15.8. The number of ether oxygens (including phenoxy) is 2. The van der Waals surface area contributed by atoms with E-state index in [9.17, 15) is 18.0 Å². The summed E-state index contributed by atoms with van der Waals surface area (Å²) in [6.45, 7) is -0.973. The summed E-state index contributed by atoms with van der Waals surface area (Å²) in [7, 11) is 1.36. The number of nitrogens with zero attached hydrogens (tertiary/aromatic N) is 1. The van der Waals surface area contributed by atoms with Crippen LogP contribution in [-0.2, 0) is 6.42 Å². The molecule has 0 atom stereocenters. The quantitative estimate of drug-likeness (QED) is 0.639. The van der Waals surface area contributed by atoms with E-state index in [1.807, 2.05) is 0 Å². The number of amides is 1. The SMILES string of the molecule is COc1ccc(CCNC(=O)c2cc(C)nc3cc(F)ccc23)cc1OC(F)F. The third kappa shape index (κ3) is 4.96. The smallest absolute Gasteiger partial charge is 0.387 e. The number of hydrogen-bond donors (Lipinski definition) is 1. The monoisotopic (exact) mass is 404 g/mol. The van der Waals surface area contributed by atoms with Crippen molar-refractivity contribution in [2.24, 2.45) is 0 Å². The van der Waals surface area contributed by atoms with Crippen molar-refractivity contribution in [3.63, 3.8) is 0 Å². The van der Waals surface area contributed by atoms with Crippen molar-refractivity contribution in [1.82, 2.24) is 10.3 Å². The Morgan fingerprint density at radius 1 is 1.14 bits per heavy atom. The van der Waals surface area contributed by atoms with Crippen LogP contribution in [0.25, 0.3) is 10.9 Å². The Bertz CT molecular complexity index is 1040. The average molecular weight is 404 g/mol.